The Hall–Kier alpha value is -0.0800. The highest BCUT2D eigenvalue weighted by molar-refractivity contribution is 4.97. The summed E-state index contributed by atoms with van der Waals surface area (Å²) in [4.78, 5) is 0. The van der Waals surface area contributed by atoms with E-state index in [1.165, 1.54) is 12.8 Å². The van der Waals surface area contributed by atoms with Gasteiger partial charge in [0.2, 0.25) is 0 Å². The molecule has 0 spiro atoms. The zero-order valence-corrected chi connectivity index (χ0v) is 11.1. The molecule has 1 aliphatic carbocycles. The zero-order valence-electron chi connectivity index (χ0n) is 11.1. The van der Waals surface area contributed by atoms with Crippen LogP contribution >= 0.6 is 0 Å². The van der Waals surface area contributed by atoms with Crippen molar-refractivity contribution in [3.8, 4) is 0 Å². The lowest BCUT2D eigenvalue weighted by atomic mass is 9.62. The van der Waals surface area contributed by atoms with Crippen LogP contribution in [-0.4, -0.2) is 20.0 Å². The van der Waals surface area contributed by atoms with E-state index in [-0.39, 0.29) is 5.41 Å². The van der Waals surface area contributed by atoms with Gasteiger partial charge in [0.1, 0.15) is 0 Å². The average molecular weight is 214 g/mol. The van der Waals surface area contributed by atoms with Crippen LogP contribution < -0.4 is 0 Å². The van der Waals surface area contributed by atoms with Crippen LogP contribution in [0.4, 0.5) is 0 Å². The standard InChI is InChI=1S/C13H26O2/c1-10(2)12(4)8-7-11(3)9-13(12,14-5)15-6/h10-11H,7-9H2,1-6H3. The van der Waals surface area contributed by atoms with Gasteiger partial charge in [0.15, 0.2) is 5.79 Å². The van der Waals surface area contributed by atoms with Gasteiger partial charge < -0.3 is 9.47 Å². The molecule has 0 aromatic carbocycles. The first-order valence-corrected chi connectivity index (χ1v) is 6.02. The zero-order chi connectivity index (χ0) is 11.7. The van der Waals surface area contributed by atoms with E-state index in [4.69, 9.17) is 9.47 Å². The van der Waals surface area contributed by atoms with E-state index in [1.807, 2.05) is 0 Å². The molecule has 2 heteroatoms. The fraction of sp³-hybridized carbons (Fsp3) is 1.00. The molecule has 2 atom stereocenters. The Balaban J connectivity index is 3.02. The molecule has 2 unspecified atom stereocenters. The Morgan fingerprint density at radius 2 is 1.73 bits per heavy atom. The second kappa shape index (κ2) is 4.42. The van der Waals surface area contributed by atoms with Crippen LogP contribution in [-0.2, 0) is 9.47 Å². The van der Waals surface area contributed by atoms with Gasteiger partial charge >= 0.3 is 0 Å². The smallest absolute Gasteiger partial charge is 0.173 e. The van der Waals surface area contributed by atoms with Crippen LogP contribution in [0.5, 0.6) is 0 Å². The third-order valence-corrected chi connectivity index (χ3v) is 4.58. The normalized spacial score (nSPS) is 35.8. The SMILES string of the molecule is COC1(OC)CC(C)CCC1(C)C(C)C. The summed E-state index contributed by atoms with van der Waals surface area (Å²) in [6.45, 7) is 9.12. The highest BCUT2D eigenvalue weighted by Gasteiger charge is 2.53. The molecule has 0 aromatic heterocycles. The third-order valence-electron chi connectivity index (χ3n) is 4.58. The Morgan fingerprint density at radius 1 is 1.20 bits per heavy atom. The maximum atomic E-state index is 5.75. The van der Waals surface area contributed by atoms with Crippen LogP contribution in [0.3, 0.4) is 0 Å². The predicted molar refractivity (Wildman–Crippen MR) is 62.7 cm³/mol. The van der Waals surface area contributed by atoms with Crippen LogP contribution in [0.2, 0.25) is 0 Å². The van der Waals surface area contributed by atoms with E-state index in [1.54, 1.807) is 14.2 Å². The van der Waals surface area contributed by atoms with Gasteiger partial charge in [-0.15, -0.1) is 0 Å². The van der Waals surface area contributed by atoms with E-state index in [0.717, 1.165) is 6.42 Å². The van der Waals surface area contributed by atoms with Gasteiger partial charge in [-0.1, -0.05) is 27.7 Å². The number of rotatable bonds is 3. The van der Waals surface area contributed by atoms with Crippen molar-refractivity contribution in [2.24, 2.45) is 17.3 Å². The lowest BCUT2D eigenvalue weighted by Gasteiger charge is -2.53. The summed E-state index contributed by atoms with van der Waals surface area (Å²) in [6.07, 6.45) is 3.48. The molecule has 2 nitrogen and oxygen atoms in total. The molecule has 1 aliphatic rings. The molecule has 1 rings (SSSR count). The maximum Gasteiger partial charge on any atom is 0.173 e. The molecule has 1 fully saturated rings. The Bertz CT molecular complexity index is 209. The van der Waals surface area contributed by atoms with Crippen molar-refractivity contribution in [2.75, 3.05) is 14.2 Å². The fourth-order valence-electron chi connectivity index (χ4n) is 2.98. The maximum absolute atomic E-state index is 5.75. The summed E-state index contributed by atoms with van der Waals surface area (Å²) in [6, 6.07) is 0. The second-order valence-electron chi connectivity index (χ2n) is 5.58. The van der Waals surface area contributed by atoms with Gasteiger partial charge in [-0.3, -0.25) is 0 Å². The molecular formula is C13H26O2. The Labute approximate surface area is 94.3 Å². The van der Waals surface area contributed by atoms with Gasteiger partial charge in [-0.2, -0.15) is 0 Å². The first-order chi connectivity index (χ1) is 6.92. The van der Waals surface area contributed by atoms with E-state index in [0.29, 0.717) is 11.8 Å². The van der Waals surface area contributed by atoms with Crippen LogP contribution in [0, 0.1) is 17.3 Å². The molecule has 0 saturated heterocycles. The number of hydrogen-bond acceptors (Lipinski definition) is 2. The minimum atomic E-state index is -0.390. The summed E-state index contributed by atoms with van der Waals surface area (Å²) in [5.74, 6) is 0.875. The highest BCUT2D eigenvalue weighted by atomic mass is 16.7. The van der Waals surface area contributed by atoms with E-state index < -0.39 is 5.79 Å². The lowest BCUT2D eigenvalue weighted by molar-refractivity contribution is -0.305. The van der Waals surface area contributed by atoms with Crippen LogP contribution in [0.15, 0.2) is 0 Å². The summed E-state index contributed by atoms with van der Waals surface area (Å²) >= 11 is 0. The van der Waals surface area contributed by atoms with Gasteiger partial charge in [-0.05, 0) is 24.7 Å². The van der Waals surface area contributed by atoms with Gasteiger partial charge in [0.25, 0.3) is 0 Å². The van der Waals surface area contributed by atoms with E-state index in [9.17, 15) is 0 Å². The van der Waals surface area contributed by atoms with Crippen molar-refractivity contribution in [1.29, 1.82) is 0 Å². The molecule has 0 N–H and O–H groups in total. The molecule has 0 radical (unpaired) electrons. The lowest BCUT2D eigenvalue weighted by Crippen LogP contribution is -2.56. The first-order valence-electron chi connectivity index (χ1n) is 6.02. The van der Waals surface area contributed by atoms with E-state index >= 15 is 0 Å². The van der Waals surface area contributed by atoms with Crippen LogP contribution in [0.25, 0.3) is 0 Å². The molecule has 1 saturated carbocycles. The monoisotopic (exact) mass is 214 g/mol. The minimum absolute atomic E-state index is 0.128. The number of ether oxygens (including phenoxy) is 2. The number of hydrogen-bond donors (Lipinski definition) is 0. The molecule has 0 aliphatic heterocycles. The highest BCUT2D eigenvalue weighted by Crippen LogP contribution is 2.52. The van der Waals surface area contributed by atoms with Crippen molar-refractivity contribution in [3.05, 3.63) is 0 Å². The number of methoxy groups -OCH3 is 2. The molecule has 0 amide bonds. The van der Waals surface area contributed by atoms with Crippen molar-refractivity contribution in [1.82, 2.24) is 0 Å². The van der Waals surface area contributed by atoms with Gasteiger partial charge in [-0.25, -0.2) is 0 Å². The molecule has 0 heterocycles. The molecule has 90 valence electrons. The first kappa shape index (κ1) is 13.0. The summed E-state index contributed by atoms with van der Waals surface area (Å²) in [5.41, 5.74) is 0.128. The quantitative estimate of drug-likeness (QED) is 0.670. The fourth-order valence-corrected chi connectivity index (χ4v) is 2.98. The van der Waals surface area contributed by atoms with Gasteiger partial charge in [0, 0.05) is 26.1 Å². The molecule has 15 heavy (non-hydrogen) atoms. The van der Waals surface area contributed by atoms with E-state index in [2.05, 4.69) is 27.7 Å². The van der Waals surface area contributed by atoms with Crippen molar-refractivity contribution < 1.29 is 9.47 Å². The van der Waals surface area contributed by atoms with Crippen LogP contribution in [0.1, 0.15) is 47.0 Å². The minimum Gasteiger partial charge on any atom is -0.353 e. The molecule has 0 bridgehead atoms. The predicted octanol–water partition coefficient (Wildman–Crippen LogP) is 3.46. The molecule has 0 aromatic rings. The molecular weight excluding hydrogens is 188 g/mol. The van der Waals surface area contributed by atoms with Crippen molar-refractivity contribution in [2.45, 2.75) is 52.7 Å². The Kier molecular flexibility index (Phi) is 3.83. The third kappa shape index (κ3) is 1.94. The topological polar surface area (TPSA) is 18.5 Å². The summed E-state index contributed by atoms with van der Waals surface area (Å²) in [7, 11) is 3.56. The summed E-state index contributed by atoms with van der Waals surface area (Å²) < 4.78 is 11.5. The van der Waals surface area contributed by atoms with Crippen molar-refractivity contribution >= 4 is 0 Å². The summed E-state index contributed by atoms with van der Waals surface area (Å²) in [5, 5.41) is 0. The second-order valence-corrected chi connectivity index (χ2v) is 5.58. The van der Waals surface area contributed by atoms with Crippen molar-refractivity contribution in [3.63, 3.8) is 0 Å². The average Bonchev–Trinajstić information content (AvgIpc) is 2.21. The Morgan fingerprint density at radius 3 is 2.13 bits per heavy atom. The largest absolute Gasteiger partial charge is 0.353 e. The van der Waals surface area contributed by atoms with Gasteiger partial charge in [0.05, 0.1) is 0 Å².